The highest BCUT2D eigenvalue weighted by Gasteiger charge is 2.47. The zero-order valence-electron chi connectivity index (χ0n) is 14.2. The number of carbonyl (C=O) groups is 1. The molecule has 2 aromatic heterocycles. The molecule has 2 aliphatic heterocycles. The molecule has 0 saturated carbocycles. The van der Waals surface area contributed by atoms with Crippen LogP contribution in [-0.4, -0.2) is 64.3 Å². The van der Waals surface area contributed by atoms with E-state index >= 15 is 0 Å². The Kier molecular flexibility index (Phi) is 3.94. The Hall–Kier alpha value is -1.70. The number of hydrogen-bond donors (Lipinski definition) is 0. The van der Waals surface area contributed by atoms with E-state index in [2.05, 4.69) is 33.5 Å². The van der Waals surface area contributed by atoms with Gasteiger partial charge < -0.3 is 4.90 Å². The first kappa shape index (κ1) is 15.8. The minimum Gasteiger partial charge on any atom is -0.309 e. The number of amides is 1. The topological polar surface area (TPSA) is 44.6 Å². The molecule has 1 spiro atoms. The third-order valence-electron chi connectivity index (χ3n) is 5.33. The molecule has 0 N–H and O–H groups in total. The van der Waals surface area contributed by atoms with Gasteiger partial charge in [-0.1, -0.05) is 0 Å². The Morgan fingerprint density at radius 3 is 2.92 bits per heavy atom. The zero-order chi connectivity index (χ0) is 16.7. The van der Waals surface area contributed by atoms with Crippen molar-refractivity contribution in [3.8, 4) is 0 Å². The molecule has 0 bridgehead atoms. The summed E-state index contributed by atoms with van der Waals surface area (Å²) < 4.78 is 1.85. The zero-order valence-corrected chi connectivity index (χ0v) is 15.0. The van der Waals surface area contributed by atoms with E-state index < -0.39 is 0 Å². The lowest BCUT2D eigenvalue weighted by molar-refractivity contribution is -0.123. The summed E-state index contributed by atoms with van der Waals surface area (Å²) in [7, 11) is 4.05. The molecule has 1 amide bonds. The molecule has 7 heteroatoms. The van der Waals surface area contributed by atoms with Crippen LogP contribution >= 0.6 is 11.3 Å². The number of carbonyl (C=O) groups excluding carboxylic acids is 1. The van der Waals surface area contributed by atoms with E-state index in [1.165, 1.54) is 5.56 Å². The molecule has 4 rings (SSSR count). The van der Waals surface area contributed by atoms with Gasteiger partial charge in [0.2, 0.25) is 5.91 Å². The van der Waals surface area contributed by atoms with Gasteiger partial charge in [-0.15, -0.1) is 0 Å². The molecule has 1 atom stereocenters. The van der Waals surface area contributed by atoms with E-state index in [1.807, 2.05) is 34.3 Å². The van der Waals surface area contributed by atoms with E-state index in [9.17, 15) is 4.79 Å². The standard InChI is InChI=1S/C17H23N5OS/c1-19-10-16(23)22(15-3-6-24-11-15)13-17(19)4-5-21(12-17)9-14-7-18-20(2)8-14/h3,6-8,11H,4-5,9-10,12-13H2,1-2H3. The lowest BCUT2D eigenvalue weighted by Gasteiger charge is -2.46. The summed E-state index contributed by atoms with van der Waals surface area (Å²) in [5, 5.41) is 8.37. The minimum absolute atomic E-state index is 0.0536. The number of thiophene rings is 1. The van der Waals surface area contributed by atoms with Crippen molar-refractivity contribution >= 4 is 22.9 Å². The Bertz CT molecular complexity index is 727. The van der Waals surface area contributed by atoms with Gasteiger partial charge >= 0.3 is 0 Å². The van der Waals surface area contributed by atoms with Crippen molar-refractivity contribution in [2.45, 2.75) is 18.5 Å². The van der Waals surface area contributed by atoms with Gasteiger partial charge in [0.05, 0.1) is 24.0 Å². The van der Waals surface area contributed by atoms with E-state index in [-0.39, 0.29) is 11.4 Å². The summed E-state index contributed by atoms with van der Waals surface area (Å²) in [6, 6.07) is 2.05. The van der Waals surface area contributed by atoms with Gasteiger partial charge in [0, 0.05) is 50.4 Å². The second kappa shape index (κ2) is 5.98. The molecular weight excluding hydrogens is 322 g/mol. The first-order valence-corrected chi connectivity index (χ1v) is 9.24. The Balaban J connectivity index is 1.50. The fourth-order valence-electron chi connectivity index (χ4n) is 3.93. The highest BCUT2D eigenvalue weighted by Crippen LogP contribution is 2.34. The fourth-order valence-corrected chi connectivity index (χ4v) is 4.57. The van der Waals surface area contributed by atoms with Gasteiger partial charge in [-0.3, -0.25) is 19.3 Å². The van der Waals surface area contributed by atoms with Gasteiger partial charge in [-0.2, -0.15) is 16.4 Å². The molecule has 1 unspecified atom stereocenters. The van der Waals surface area contributed by atoms with E-state index in [0.29, 0.717) is 6.54 Å². The molecule has 0 aliphatic carbocycles. The fraction of sp³-hybridized carbons (Fsp3) is 0.529. The molecule has 0 aromatic carbocycles. The van der Waals surface area contributed by atoms with Crippen molar-refractivity contribution in [1.29, 1.82) is 0 Å². The number of aromatic nitrogens is 2. The van der Waals surface area contributed by atoms with Crippen LogP contribution in [-0.2, 0) is 18.4 Å². The third-order valence-corrected chi connectivity index (χ3v) is 6.00. The molecule has 4 heterocycles. The van der Waals surface area contributed by atoms with Crippen LogP contribution in [0.1, 0.15) is 12.0 Å². The Morgan fingerprint density at radius 2 is 2.21 bits per heavy atom. The van der Waals surface area contributed by atoms with Crippen LogP contribution in [0.2, 0.25) is 0 Å². The first-order chi connectivity index (χ1) is 11.6. The normalized spacial score (nSPS) is 25.9. The number of likely N-dealkylation sites (tertiary alicyclic amines) is 1. The summed E-state index contributed by atoms with van der Waals surface area (Å²) in [4.78, 5) is 19.2. The van der Waals surface area contributed by atoms with Gasteiger partial charge in [0.1, 0.15) is 0 Å². The average molecular weight is 345 g/mol. The third kappa shape index (κ3) is 2.76. The lowest BCUT2D eigenvalue weighted by atomic mass is 9.93. The molecule has 0 radical (unpaired) electrons. The maximum Gasteiger partial charge on any atom is 0.241 e. The van der Waals surface area contributed by atoms with Gasteiger partial charge in [-0.05, 0) is 24.9 Å². The SMILES string of the molecule is CN1CC(=O)N(c2ccsc2)CC12CCN(Cc1cnn(C)c1)C2. The van der Waals surface area contributed by atoms with Crippen molar-refractivity contribution in [3.05, 3.63) is 34.8 Å². The summed E-state index contributed by atoms with van der Waals surface area (Å²) in [5.74, 6) is 0.201. The van der Waals surface area contributed by atoms with Crippen LogP contribution < -0.4 is 4.90 Å². The first-order valence-electron chi connectivity index (χ1n) is 8.29. The molecule has 24 heavy (non-hydrogen) atoms. The summed E-state index contributed by atoms with van der Waals surface area (Å²) in [6.45, 7) is 4.26. The summed E-state index contributed by atoms with van der Waals surface area (Å²) >= 11 is 1.64. The van der Waals surface area contributed by atoms with Crippen molar-refractivity contribution < 1.29 is 4.79 Å². The highest BCUT2D eigenvalue weighted by atomic mass is 32.1. The maximum absolute atomic E-state index is 12.5. The summed E-state index contributed by atoms with van der Waals surface area (Å²) in [5.41, 5.74) is 2.35. The second-order valence-electron chi connectivity index (χ2n) is 7.02. The van der Waals surface area contributed by atoms with Gasteiger partial charge in [0.25, 0.3) is 0 Å². The molecular formula is C17H23N5OS. The maximum atomic E-state index is 12.5. The molecule has 2 fully saturated rings. The Labute approximate surface area is 146 Å². The predicted octanol–water partition coefficient (Wildman–Crippen LogP) is 1.40. The van der Waals surface area contributed by atoms with Crippen molar-refractivity contribution in [2.75, 3.05) is 38.1 Å². The van der Waals surface area contributed by atoms with Crippen LogP contribution in [0.5, 0.6) is 0 Å². The molecule has 128 valence electrons. The average Bonchev–Trinajstić information content (AvgIpc) is 3.26. The smallest absolute Gasteiger partial charge is 0.241 e. The number of anilines is 1. The van der Waals surface area contributed by atoms with E-state index in [4.69, 9.17) is 0 Å². The van der Waals surface area contributed by atoms with Crippen LogP contribution in [0, 0.1) is 0 Å². The number of nitrogens with zero attached hydrogens (tertiary/aromatic N) is 5. The van der Waals surface area contributed by atoms with Crippen molar-refractivity contribution in [3.63, 3.8) is 0 Å². The van der Waals surface area contributed by atoms with Crippen molar-refractivity contribution in [2.24, 2.45) is 7.05 Å². The lowest BCUT2D eigenvalue weighted by Crippen LogP contribution is -2.64. The molecule has 2 aliphatic rings. The quantitative estimate of drug-likeness (QED) is 0.844. The molecule has 2 saturated heterocycles. The predicted molar refractivity (Wildman–Crippen MR) is 95.1 cm³/mol. The van der Waals surface area contributed by atoms with Crippen LogP contribution in [0.4, 0.5) is 5.69 Å². The molecule has 6 nitrogen and oxygen atoms in total. The van der Waals surface area contributed by atoms with Crippen LogP contribution in [0.15, 0.2) is 29.2 Å². The van der Waals surface area contributed by atoms with Gasteiger partial charge in [-0.25, -0.2) is 0 Å². The molecule has 2 aromatic rings. The van der Waals surface area contributed by atoms with Crippen LogP contribution in [0.25, 0.3) is 0 Å². The van der Waals surface area contributed by atoms with E-state index in [0.717, 1.165) is 38.3 Å². The van der Waals surface area contributed by atoms with Gasteiger partial charge in [0.15, 0.2) is 0 Å². The monoisotopic (exact) mass is 345 g/mol. The minimum atomic E-state index is 0.0536. The largest absolute Gasteiger partial charge is 0.309 e. The van der Waals surface area contributed by atoms with E-state index in [1.54, 1.807) is 11.3 Å². The number of hydrogen-bond acceptors (Lipinski definition) is 5. The van der Waals surface area contributed by atoms with Crippen LogP contribution in [0.3, 0.4) is 0 Å². The Morgan fingerprint density at radius 1 is 1.33 bits per heavy atom. The summed E-state index contributed by atoms with van der Waals surface area (Å²) in [6.07, 6.45) is 5.12. The van der Waals surface area contributed by atoms with Crippen molar-refractivity contribution in [1.82, 2.24) is 19.6 Å². The number of rotatable bonds is 3. The number of likely N-dealkylation sites (N-methyl/N-ethyl adjacent to an activating group) is 1. The number of aryl methyl sites for hydroxylation is 1. The second-order valence-corrected chi connectivity index (χ2v) is 7.80. The highest BCUT2D eigenvalue weighted by molar-refractivity contribution is 7.08. The number of piperazine rings is 1.